The summed E-state index contributed by atoms with van der Waals surface area (Å²) >= 11 is 0. The number of benzene rings is 1. The van der Waals surface area contributed by atoms with Crippen molar-refractivity contribution in [1.82, 2.24) is 10.0 Å². The van der Waals surface area contributed by atoms with E-state index in [0.717, 1.165) is 24.3 Å². The van der Waals surface area contributed by atoms with Gasteiger partial charge in [-0.05, 0) is 37.4 Å². The first kappa shape index (κ1) is 15.5. The maximum absolute atomic E-state index is 12.6. The van der Waals surface area contributed by atoms with Crippen molar-refractivity contribution in [1.29, 1.82) is 0 Å². The van der Waals surface area contributed by atoms with Crippen LogP contribution < -0.4 is 10.0 Å². The van der Waals surface area contributed by atoms with E-state index < -0.39 is 10.0 Å². The van der Waals surface area contributed by atoms with E-state index in [9.17, 15) is 8.42 Å². The minimum absolute atomic E-state index is 0.0511. The molecule has 0 aliphatic heterocycles. The van der Waals surface area contributed by atoms with Gasteiger partial charge in [0.05, 0.1) is 4.90 Å². The van der Waals surface area contributed by atoms with Gasteiger partial charge in [-0.2, -0.15) is 0 Å². The molecule has 1 aromatic rings. The molecule has 1 fully saturated rings. The summed E-state index contributed by atoms with van der Waals surface area (Å²) in [7, 11) is -1.61. The molecule has 2 rings (SSSR count). The number of sulfonamides is 1. The zero-order valence-electron chi connectivity index (χ0n) is 12.2. The number of hydrogen-bond acceptors (Lipinski definition) is 3. The molecular formula is C15H24N2O2S. The van der Waals surface area contributed by atoms with Gasteiger partial charge in [0, 0.05) is 12.6 Å². The van der Waals surface area contributed by atoms with Gasteiger partial charge in [0.15, 0.2) is 0 Å². The third-order valence-corrected chi connectivity index (χ3v) is 5.38. The smallest absolute Gasteiger partial charge is 0.241 e. The lowest BCUT2D eigenvalue weighted by molar-refractivity contribution is 0.494. The van der Waals surface area contributed by atoms with Crippen LogP contribution in [-0.2, 0) is 16.6 Å². The fourth-order valence-electron chi connectivity index (χ4n) is 2.44. The summed E-state index contributed by atoms with van der Waals surface area (Å²) in [6.45, 7) is 2.59. The van der Waals surface area contributed by atoms with E-state index in [4.69, 9.17) is 0 Å². The van der Waals surface area contributed by atoms with Crippen molar-refractivity contribution in [2.75, 3.05) is 7.05 Å². The molecule has 4 nitrogen and oxygen atoms in total. The summed E-state index contributed by atoms with van der Waals surface area (Å²) in [5, 5.41) is 3.01. The summed E-state index contributed by atoms with van der Waals surface area (Å²) in [6, 6.07) is 7.23. The average Bonchev–Trinajstić information content (AvgIpc) is 3.22. The lowest BCUT2D eigenvalue weighted by atomic mass is 10.1. The van der Waals surface area contributed by atoms with Crippen LogP contribution in [0.3, 0.4) is 0 Å². The number of nitrogens with one attached hydrogen (secondary N) is 2. The Morgan fingerprint density at radius 1 is 1.30 bits per heavy atom. The Hall–Kier alpha value is -0.910. The molecule has 1 atom stereocenters. The predicted octanol–water partition coefficient (Wildman–Crippen LogP) is 2.26. The summed E-state index contributed by atoms with van der Waals surface area (Å²) in [4.78, 5) is 0.392. The molecule has 112 valence electrons. The Bertz CT molecular complexity index is 539. The van der Waals surface area contributed by atoms with E-state index in [1.807, 2.05) is 26.1 Å². The van der Waals surface area contributed by atoms with Crippen molar-refractivity contribution in [3.8, 4) is 0 Å². The van der Waals surface area contributed by atoms with Gasteiger partial charge < -0.3 is 5.32 Å². The quantitative estimate of drug-likeness (QED) is 0.773. The highest BCUT2D eigenvalue weighted by molar-refractivity contribution is 7.89. The molecular weight excluding hydrogens is 272 g/mol. The van der Waals surface area contributed by atoms with Crippen LogP contribution in [0.15, 0.2) is 29.2 Å². The van der Waals surface area contributed by atoms with Crippen LogP contribution in [-0.4, -0.2) is 21.5 Å². The first-order chi connectivity index (χ1) is 9.56. The highest BCUT2D eigenvalue weighted by Gasteiger charge is 2.28. The maximum atomic E-state index is 12.6. The Morgan fingerprint density at radius 3 is 2.60 bits per heavy atom. The monoisotopic (exact) mass is 296 g/mol. The summed E-state index contributed by atoms with van der Waals surface area (Å²) in [6.07, 6.45) is 4.29. The Morgan fingerprint density at radius 2 is 2.00 bits per heavy atom. The van der Waals surface area contributed by atoms with E-state index in [-0.39, 0.29) is 6.04 Å². The molecule has 0 aromatic heterocycles. The Labute approximate surface area is 122 Å². The van der Waals surface area contributed by atoms with Crippen LogP contribution >= 0.6 is 0 Å². The number of rotatable bonds is 8. The molecule has 1 unspecified atom stereocenters. The van der Waals surface area contributed by atoms with Crippen LogP contribution in [0.5, 0.6) is 0 Å². The summed E-state index contributed by atoms with van der Waals surface area (Å²) < 4.78 is 28.0. The molecule has 0 radical (unpaired) electrons. The molecule has 2 N–H and O–H groups in total. The molecule has 1 aliphatic carbocycles. The van der Waals surface area contributed by atoms with Crippen LogP contribution in [0.25, 0.3) is 0 Å². The van der Waals surface area contributed by atoms with Crippen molar-refractivity contribution in [2.45, 2.75) is 50.1 Å². The largest absolute Gasteiger partial charge is 0.316 e. The van der Waals surface area contributed by atoms with Gasteiger partial charge in [-0.25, -0.2) is 13.1 Å². The van der Waals surface area contributed by atoms with E-state index in [1.165, 1.54) is 12.8 Å². The molecule has 0 heterocycles. The van der Waals surface area contributed by atoms with Gasteiger partial charge in [0.2, 0.25) is 10.0 Å². The molecule has 0 saturated heterocycles. The normalized spacial score (nSPS) is 17.1. The van der Waals surface area contributed by atoms with Crippen molar-refractivity contribution in [2.24, 2.45) is 5.92 Å². The van der Waals surface area contributed by atoms with Crippen molar-refractivity contribution < 1.29 is 8.42 Å². The zero-order valence-corrected chi connectivity index (χ0v) is 13.0. The lowest BCUT2D eigenvalue weighted by Crippen LogP contribution is -2.35. The second-order valence-corrected chi connectivity index (χ2v) is 7.23. The van der Waals surface area contributed by atoms with Gasteiger partial charge in [-0.3, -0.25) is 0 Å². The minimum Gasteiger partial charge on any atom is -0.316 e. The van der Waals surface area contributed by atoms with Crippen LogP contribution in [0.4, 0.5) is 0 Å². The average molecular weight is 296 g/mol. The van der Waals surface area contributed by atoms with Crippen molar-refractivity contribution >= 4 is 10.0 Å². The minimum atomic E-state index is -3.43. The van der Waals surface area contributed by atoms with Gasteiger partial charge in [-0.1, -0.05) is 38.0 Å². The van der Waals surface area contributed by atoms with E-state index in [0.29, 0.717) is 11.4 Å². The summed E-state index contributed by atoms with van der Waals surface area (Å²) in [5.41, 5.74) is 0.809. The highest BCUT2D eigenvalue weighted by Crippen LogP contribution is 2.34. The van der Waals surface area contributed by atoms with Gasteiger partial charge in [0.25, 0.3) is 0 Å². The van der Waals surface area contributed by atoms with E-state index in [1.54, 1.807) is 12.1 Å². The molecule has 0 spiro atoms. The van der Waals surface area contributed by atoms with Crippen LogP contribution in [0.1, 0.15) is 38.2 Å². The highest BCUT2D eigenvalue weighted by atomic mass is 32.2. The molecule has 5 heteroatoms. The fraction of sp³-hybridized carbons (Fsp3) is 0.600. The zero-order chi connectivity index (χ0) is 14.6. The first-order valence-corrected chi connectivity index (χ1v) is 8.80. The molecule has 0 amide bonds. The topological polar surface area (TPSA) is 58.2 Å². The molecule has 1 aromatic carbocycles. The number of hydrogen-bond donors (Lipinski definition) is 2. The SMILES string of the molecule is CCC(CC1CC1)NS(=O)(=O)c1ccccc1CNC. The maximum Gasteiger partial charge on any atom is 0.241 e. The second kappa shape index (κ2) is 6.70. The fourth-order valence-corrected chi connectivity index (χ4v) is 4.01. The van der Waals surface area contributed by atoms with Crippen molar-refractivity contribution in [3.05, 3.63) is 29.8 Å². The van der Waals surface area contributed by atoms with Gasteiger partial charge >= 0.3 is 0 Å². The lowest BCUT2D eigenvalue weighted by Gasteiger charge is -2.18. The standard InChI is InChI=1S/C15H24N2O2S/c1-3-14(10-12-8-9-12)17-20(18,19)15-7-5-4-6-13(15)11-16-2/h4-7,12,14,16-17H,3,8-11H2,1-2H3. The molecule has 1 saturated carbocycles. The van der Waals surface area contributed by atoms with Crippen molar-refractivity contribution in [3.63, 3.8) is 0 Å². The Kier molecular flexibility index (Phi) is 5.18. The predicted molar refractivity (Wildman–Crippen MR) is 80.9 cm³/mol. The third-order valence-electron chi connectivity index (χ3n) is 3.76. The molecule has 20 heavy (non-hydrogen) atoms. The van der Waals surface area contributed by atoms with E-state index in [2.05, 4.69) is 10.0 Å². The third kappa shape index (κ3) is 4.04. The first-order valence-electron chi connectivity index (χ1n) is 7.31. The second-order valence-electron chi connectivity index (χ2n) is 5.54. The van der Waals surface area contributed by atoms with Gasteiger partial charge in [-0.15, -0.1) is 0 Å². The summed E-state index contributed by atoms with van der Waals surface area (Å²) in [5.74, 6) is 0.718. The molecule has 0 bridgehead atoms. The molecule has 1 aliphatic rings. The van der Waals surface area contributed by atoms with Gasteiger partial charge in [0.1, 0.15) is 0 Å². The van der Waals surface area contributed by atoms with Crippen LogP contribution in [0.2, 0.25) is 0 Å². The van der Waals surface area contributed by atoms with E-state index >= 15 is 0 Å². The Balaban J connectivity index is 2.15. The van der Waals surface area contributed by atoms with Crippen LogP contribution in [0, 0.1) is 5.92 Å².